The molecule has 0 aromatic heterocycles. The van der Waals surface area contributed by atoms with Gasteiger partial charge in [0.1, 0.15) is 0 Å². The number of rotatable bonds is 4. The second-order valence-corrected chi connectivity index (χ2v) is 3.38. The van der Waals surface area contributed by atoms with Crippen molar-refractivity contribution in [3.8, 4) is 0 Å². The fourth-order valence-electron chi connectivity index (χ4n) is 1.50. The Morgan fingerprint density at radius 2 is 1.77 bits per heavy atom. The number of benzene rings is 1. The van der Waals surface area contributed by atoms with Gasteiger partial charge in [-0.3, -0.25) is 0 Å². The molecule has 0 amide bonds. The van der Waals surface area contributed by atoms with E-state index in [4.69, 9.17) is 4.74 Å². The van der Waals surface area contributed by atoms with Gasteiger partial charge in [0.05, 0.1) is 5.60 Å². The first-order valence-electron chi connectivity index (χ1n) is 4.92. The topological polar surface area (TPSA) is 9.23 Å². The largest absolute Gasteiger partial charge is 0.371 e. The van der Waals surface area contributed by atoms with Crippen molar-refractivity contribution >= 4 is 0 Å². The van der Waals surface area contributed by atoms with E-state index in [1.54, 1.807) is 0 Å². The fourth-order valence-corrected chi connectivity index (χ4v) is 1.50. The molecule has 0 unspecified atom stereocenters. The van der Waals surface area contributed by atoms with Crippen LogP contribution in [0.5, 0.6) is 0 Å². The van der Waals surface area contributed by atoms with Crippen molar-refractivity contribution in [3.63, 3.8) is 0 Å². The van der Waals surface area contributed by atoms with Gasteiger partial charge in [0.15, 0.2) is 0 Å². The summed E-state index contributed by atoms with van der Waals surface area (Å²) in [4.78, 5) is 0. The fraction of sp³-hybridized carbons (Fsp3) is 0.500. The molecule has 0 saturated carbocycles. The lowest BCUT2D eigenvalue weighted by Gasteiger charge is -2.28. The minimum Gasteiger partial charge on any atom is -0.371 e. The Labute approximate surface area is 80.7 Å². The summed E-state index contributed by atoms with van der Waals surface area (Å²) >= 11 is 0. The molecule has 0 radical (unpaired) electrons. The van der Waals surface area contributed by atoms with E-state index in [1.165, 1.54) is 5.56 Å². The van der Waals surface area contributed by atoms with E-state index in [1.807, 2.05) is 13.0 Å². The molecule has 0 aliphatic carbocycles. The van der Waals surface area contributed by atoms with Gasteiger partial charge in [0, 0.05) is 6.61 Å². The third-order valence-corrected chi connectivity index (χ3v) is 2.52. The smallest absolute Gasteiger partial charge is 0.0900 e. The Bertz CT molecular complexity index is 243. The predicted octanol–water partition coefficient (Wildman–Crippen LogP) is 3.35. The minimum atomic E-state index is -0.115. The molecule has 0 fully saturated rings. The molecule has 13 heavy (non-hydrogen) atoms. The first kappa shape index (κ1) is 10.3. The molecule has 72 valence electrons. The SMILES string of the molecule is CCO[C@](C)(CC)c1ccccc1. The van der Waals surface area contributed by atoms with Crippen LogP contribution < -0.4 is 0 Å². The van der Waals surface area contributed by atoms with Crippen LogP contribution >= 0.6 is 0 Å². The van der Waals surface area contributed by atoms with Crippen LogP contribution in [0.3, 0.4) is 0 Å². The summed E-state index contributed by atoms with van der Waals surface area (Å²) in [5, 5.41) is 0. The monoisotopic (exact) mass is 178 g/mol. The van der Waals surface area contributed by atoms with E-state index >= 15 is 0 Å². The van der Waals surface area contributed by atoms with Crippen molar-refractivity contribution in [2.24, 2.45) is 0 Å². The lowest BCUT2D eigenvalue weighted by Crippen LogP contribution is -2.24. The lowest BCUT2D eigenvalue weighted by atomic mass is 9.93. The summed E-state index contributed by atoms with van der Waals surface area (Å²) in [6, 6.07) is 10.4. The van der Waals surface area contributed by atoms with E-state index in [0.717, 1.165) is 13.0 Å². The van der Waals surface area contributed by atoms with Gasteiger partial charge in [-0.25, -0.2) is 0 Å². The highest BCUT2D eigenvalue weighted by atomic mass is 16.5. The summed E-state index contributed by atoms with van der Waals surface area (Å²) in [6.07, 6.45) is 1.00. The van der Waals surface area contributed by atoms with Crippen LogP contribution in [0.25, 0.3) is 0 Å². The quantitative estimate of drug-likeness (QED) is 0.687. The molecule has 1 aromatic carbocycles. The van der Waals surface area contributed by atoms with Crippen LogP contribution in [0.15, 0.2) is 30.3 Å². The molecule has 1 atom stereocenters. The summed E-state index contributed by atoms with van der Waals surface area (Å²) < 4.78 is 5.76. The predicted molar refractivity (Wildman–Crippen MR) is 55.7 cm³/mol. The Morgan fingerprint density at radius 3 is 2.23 bits per heavy atom. The molecule has 0 heterocycles. The molecule has 0 bridgehead atoms. The molecule has 0 spiro atoms. The highest BCUT2D eigenvalue weighted by Gasteiger charge is 2.23. The van der Waals surface area contributed by atoms with E-state index in [-0.39, 0.29) is 5.60 Å². The van der Waals surface area contributed by atoms with Crippen molar-refractivity contribution < 1.29 is 4.74 Å². The third-order valence-electron chi connectivity index (χ3n) is 2.52. The first-order valence-corrected chi connectivity index (χ1v) is 4.92. The Hall–Kier alpha value is -0.820. The van der Waals surface area contributed by atoms with E-state index < -0.39 is 0 Å². The van der Waals surface area contributed by atoms with E-state index in [9.17, 15) is 0 Å². The van der Waals surface area contributed by atoms with Crippen LogP contribution in [0.1, 0.15) is 32.8 Å². The Morgan fingerprint density at radius 1 is 1.15 bits per heavy atom. The minimum absolute atomic E-state index is 0.115. The maximum absolute atomic E-state index is 5.76. The molecule has 1 aromatic rings. The number of ether oxygens (including phenoxy) is 1. The van der Waals surface area contributed by atoms with Crippen molar-refractivity contribution in [2.45, 2.75) is 32.8 Å². The normalized spacial score (nSPS) is 15.3. The average molecular weight is 178 g/mol. The molecule has 0 N–H and O–H groups in total. The molecule has 1 nitrogen and oxygen atoms in total. The van der Waals surface area contributed by atoms with Crippen molar-refractivity contribution in [2.75, 3.05) is 6.61 Å². The summed E-state index contributed by atoms with van der Waals surface area (Å²) in [5.41, 5.74) is 1.15. The molecule has 1 heteroatoms. The van der Waals surface area contributed by atoms with Crippen molar-refractivity contribution in [1.82, 2.24) is 0 Å². The van der Waals surface area contributed by atoms with Gasteiger partial charge in [0.25, 0.3) is 0 Å². The highest BCUT2D eigenvalue weighted by molar-refractivity contribution is 5.21. The molecule has 0 aliphatic rings. The van der Waals surface area contributed by atoms with Gasteiger partial charge in [0.2, 0.25) is 0 Å². The van der Waals surface area contributed by atoms with Crippen LogP contribution in [-0.4, -0.2) is 6.61 Å². The first-order chi connectivity index (χ1) is 6.23. The molecule has 0 aliphatic heterocycles. The van der Waals surface area contributed by atoms with E-state index in [2.05, 4.69) is 38.1 Å². The lowest BCUT2D eigenvalue weighted by molar-refractivity contribution is -0.0323. The highest BCUT2D eigenvalue weighted by Crippen LogP contribution is 2.28. The molecule has 0 saturated heterocycles. The van der Waals surface area contributed by atoms with Gasteiger partial charge in [-0.2, -0.15) is 0 Å². The summed E-state index contributed by atoms with van der Waals surface area (Å²) in [6.45, 7) is 7.10. The molecular weight excluding hydrogens is 160 g/mol. The second-order valence-electron chi connectivity index (χ2n) is 3.38. The second kappa shape index (κ2) is 4.43. The summed E-state index contributed by atoms with van der Waals surface area (Å²) in [7, 11) is 0. The van der Waals surface area contributed by atoms with Gasteiger partial charge in [-0.05, 0) is 25.8 Å². The van der Waals surface area contributed by atoms with Crippen LogP contribution in [-0.2, 0) is 10.3 Å². The third kappa shape index (κ3) is 2.31. The maximum Gasteiger partial charge on any atom is 0.0900 e. The van der Waals surface area contributed by atoms with Crippen LogP contribution in [0.4, 0.5) is 0 Å². The zero-order chi connectivity index (χ0) is 9.73. The zero-order valence-corrected chi connectivity index (χ0v) is 8.71. The number of hydrogen-bond donors (Lipinski definition) is 0. The number of hydrogen-bond acceptors (Lipinski definition) is 1. The van der Waals surface area contributed by atoms with Crippen molar-refractivity contribution in [1.29, 1.82) is 0 Å². The Kier molecular flexibility index (Phi) is 3.49. The Balaban J connectivity index is 2.89. The average Bonchev–Trinajstić information content (AvgIpc) is 2.19. The van der Waals surface area contributed by atoms with E-state index in [0.29, 0.717) is 0 Å². The van der Waals surface area contributed by atoms with Crippen LogP contribution in [0.2, 0.25) is 0 Å². The van der Waals surface area contributed by atoms with Gasteiger partial charge in [-0.1, -0.05) is 37.3 Å². The van der Waals surface area contributed by atoms with Gasteiger partial charge >= 0.3 is 0 Å². The zero-order valence-electron chi connectivity index (χ0n) is 8.71. The van der Waals surface area contributed by atoms with Crippen molar-refractivity contribution in [3.05, 3.63) is 35.9 Å². The standard InChI is InChI=1S/C12H18O/c1-4-12(3,13-5-2)11-9-7-6-8-10-11/h6-10H,4-5H2,1-3H3/t12-/m1/s1. The van der Waals surface area contributed by atoms with Gasteiger partial charge < -0.3 is 4.74 Å². The van der Waals surface area contributed by atoms with Gasteiger partial charge in [-0.15, -0.1) is 0 Å². The molecule has 1 rings (SSSR count). The maximum atomic E-state index is 5.76. The summed E-state index contributed by atoms with van der Waals surface area (Å²) in [5.74, 6) is 0. The molecular formula is C12H18O. The van der Waals surface area contributed by atoms with Crippen LogP contribution in [0, 0.1) is 0 Å².